The van der Waals surface area contributed by atoms with Crippen LogP contribution in [0.3, 0.4) is 0 Å². The van der Waals surface area contributed by atoms with E-state index in [1.165, 1.54) is 27.8 Å². The third-order valence-electron chi connectivity index (χ3n) is 4.41. The molecular formula is C20H27N. The van der Waals surface area contributed by atoms with Gasteiger partial charge in [0.05, 0.1) is 0 Å². The Morgan fingerprint density at radius 2 is 1.71 bits per heavy atom. The molecule has 0 fully saturated rings. The molecule has 0 aliphatic carbocycles. The first-order valence-electron chi connectivity index (χ1n) is 8.03. The maximum atomic E-state index is 3.52. The molecular weight excluding hydrogens is 254 g/mol. The van der Waals surface area contributed by atoms with Crippen LogP contribution in [0.25, 0.3) is 0 Å². The zero-order chi connectivity index (χ0) is 15.2. The molecule has 0 aromatic heterocycles. The lowest BCUT2D eigenvalue weighted by Gasteiger charge is -2.22. The van der Waals surface area contributed by atoms with Gasteiger partial charge in [-0.3, -0.25) is 0 Å². The van der Waals surface area contributed by atoms with Gasteiger partial charge in [0.1, 0.15) is 0 Å². The smallest absolute Gasteiger partial charge is 0.0361 e. The lowest BCUT2D eigenvalue weighted by Crippen LogP contribution is -2.21. The van der Waals surface area contributed by atoms with Gasteiger partial charge in [0.2, 0.25) is 0 Å². The fourth-order valence-corrected chi connectivity index (χ4v) is 2.94. The Balaban J connectivity index is 2.34. The Hall–Kier alpha value is -1.60. The van der Waals surface area contributed by atoms with Crippen molar-refractivity contribution in [2.75, 3.05) is 7.05 Å². The summed E-state index contributed by atoms with van der Waals surface area (Å²) in [7, 11) is 2.07. The fraction of sp³-hybridized carbons (Fsp3) is 0.400. The number of hydrogen-bond acceptors (Lipinski definition) is 1. The van der Waals surface area contributed by atoms with Crippen LogP contribution < -0.4 is 5.32 Å². The highest BCUT2D eigenvalue weighted by Crippen LogP contribution is 2.25. The average Bonchev–Trinajstić information content (AvgIpc) is 2.53. The van der Waals surface area contributed by atoms with E-state index < -0.39 is 0 Å². The van der Waals surface area contributed by atoms with Crippen LogP contribution >= 0.6 is 0 Å². The topological polar surface area (TPSA) is 12.0 Å². The van der Waals surface area contributed by atoms with E-state index >= 15 is 0 Å². The van der Waals surface area contributed by atoms with Crippen molar-refractivity contribution in [1.29, 1.82) is 0 Å². The molecule has 1 atom stereocenters. The van der Waals surface area contributed by atoms with Crippen molar-refractivity contribution >= 4 is 0 Å². The van der Waals surface area contributed by atoms with Crippen LogP contribution in [0.2, 0.25) is 0 Å². The van der Waals surface area contributed by atoms with E-state index in [9.17, 15) is 0 Å². The number of likely N-dealkylation sites (N-methyl/N-ethyl adjacent to an activating group) is 1. The molecule has 21 heavy (non-hydrogen) atoms. The van der Waals surface area contributed by atoms with E-state index in [1.54, 1.807) is 0 Å². The Labute approximate surface area is 129 Å². The number of rotatable bonds is 6. The van der Waals surface area contributed by atoms with Gasteiger partial charge in [0, 0.05) is 6.04 Å². The van der Waals surface area contributed by atoms with Crippen LogP contribution in [-0.4, -0.2) is 7.05 Å². The third kappa shape index (κ3) is 3.74. The van der Waals surface area contributed by atoms with Gasteiger partial charge < -0.3 is 5.32 Å². The summed E-state index contributed by atoms with van der Waals surface area (Å²) >= 11 is 0. The summed E-state index contributed by atoms with van der Waals surface area (Å²) in [5.74, 6) is 0. The number of nitrogens with one attached hydrogen (secondary N) is 1. The summed E-state index contributed by atoms with van der Waals surface area (Å²) in [5, 5.41) is 3.52. The molecule has 0 aliphatic heterocycles. The van der Waals surface area contributed by atoms with Crippen molar-refractivity contribution in [2.45, 2.75) is 46.1 Å². The summed E-state index contributed by atoms with van der Waals surface area (Å²) in [5.41, 5.74) is 7.15. The number of aryl methyl sites for hydroxylation is 3. The minimum absolute atomic E-state index is 0.382. The summed E-state index contributed by atoms with van der Waals surface area (Å²) < 4.78 is 0. The molecule has 1 unspecified atom stereocenters. The quantitative estimate of drug-likeness (QED) is 0.814. The number of hydrogen-bond donors (Lipinski definition) is 1. The Bertz CT molecular complexity index is 586. The highest BCUT2D eigenvalue weighted by Gasteiger charge is 2.15. The molecule has 0 radical (unpaired) electrons. The van der Waals surface area contributed by atoms with Crippen molar-refractivity contribution in [3.8, 4) is 0 Å². The van der Waals surface area contributed by atoms with Gasteiger partial charge in [0.15, 0.2) is 0 Å². The largest absolute Gasteiger partial charge is 0.313 e. The Morgan fingerprint density at radius 1 is 0.952 bits per heavy atom. The van der Waals surface area contributed by atoms with Crippen molar-refractivity contribution in [2.24, 2.45) is 0 Å². The highest BCUT2D eigenvalue weighted by molar-refractivity contribution is 5.37. The normalized spacial score (nSPS) is 12.4. The number of benzene rings is 2. The van der Waals surface area contributed by atoms with E-state index in [4.69, 9.17) is 0 Å². The SMILES string of the molecule is CCc1ccc(CC)c(C(Cc2ccccc2C)NC)c1. The molecule has 0 amide bonds. The summed E-state index contributed by atoms with van der Waals surface area (Å²) in [6, 6.07) is 16.0. The van der Waals surface area contributed by atoms with Crippen molar-refractivity contribution < 1.29 is 0 Å². The highest BCUT2D eigenvalue weighted by atomic mass is 14.9. The van der Waals surface area contributed by atoms with E-state index in [1.807, 2.05) is 0 Å². The lowest BCUT2D eigenvalue weighted by atomic mass is 9.90. The fourth-order valence-electron chi connectivity index (χ4n) is 2.94. The molecule has 1 N–H and O–H groups in total. The van der Waals surface area contributed by atoms with E-state index in [0.29, 0.717) is 6.04 Å². The molecule has 2 rings (SSSR count). The Kier molecular flexibility index (Phi) is 5.58. The lowest BCUT2D eigenvalue weighted by molar-refractivity contribution is 0.585. The zero-order valence-corrected chi connectivity index (χ0v) is 13.7. The molecule has 2 aromatic carbocycles. The van der Waals surface area contributed by atoms with Crippen molar-refractivity contribution in [3.63, 3.8) is 0 Å². The first kappa shape index (κ1) is 15.8. The van der Waals surface area contributed by atoms with E-state index in [2.05, 4.69) is 75.6 Å². The monoisotopic (exact) mass is 281 g/mol. The summed E-state index contributed by atoms with van der Waals surface area (Å²) in [4.78, 5) is 0. The van der Waals surface area contributed by atoms with Gasteiger partial charge >= 0.3 is 0 Å². The molecule has 112 valence electrons. The van der Waals surface area contributed by atoms with Gasteiger partial charge in [-0.15, -0.1) is 0 Å². The average molecular weight is 281 g/mol. The van der Waals surface area contributed by atoms with Crippen LogP contribution in [0.4, 0.5) is 0 Å². The van der Waals surface area contributed by atoms with Crippen LogP contribution in [0, 0.1) is 6.92 Å². The second-order valence-electron chi connectivity index (χ2n) is 5.71. The van der Waals surface area contributed by atoms with Gasteiger partial charge in [0.25, 0.3) is 0 Å². The van der Waals surface area contributed by atoms with Gasteiger partial charge in [-0.2, -0.15) is 0 Å². The first-order valence-corrected chi connectivity index (χ1v) is 8.03. The molecule has 0 aliphatic rings. The van der Waals surface area contributed by atoms with Gasteiger partial charge in [-0.25, -0.2) is 0 Å². The maximum Gasteiger partial charge on any atom is 0.0361 e. The van der Waals surface area contributed by atoms with E-state index in [-0.39, 0.29) is 0 Å². The van der Waals surface area contributed by atoms with Crippen LogP contribution in [0.1, 0.15) is 47.7 Å². The molecule has 0 bridgehead atoms. The Morgan fingerprint density at radius 3 is 2.33 bits per heavy atom. The second-order valence-corrected chi connectivity index (χ2v) is 5.71. The maximum absolute atomic E-state index is 3.52. The van der Waals surface area contributed by atoms with Gasteiger partial charge in [-0.1, -0.05) is 56.3 Å². The van der Waals surface area contributed by atoms with Crippen LogP contribution in [0.15, 0.2) is 42.5 Å². The summed E-state index contributed by atoms with van der Waals surface area (Å²) in [6.07, 6.45) is 3.23. The first-order chi connectivity index (χ1) is 10.2. The molecule has 0 saturated carbocycles. The molecule has 2 aromatic rings. The molecule has 0 heterocycles. The zero-order valence-electron chi connectivity index (χ0n) is 13.7. The van der Waals surface area contributed by atoms with Crippen molar-refractivity contribution in [3.05, 3.63) is 70.3 Å². The standard InChI is InChI=1S/C20H27N/c1-5-16-11-12-17(6-2)19(13-16)20(21-4)14-18-10-8-7-9-15(18)3/h7-13,20-21H,5-6,14H2,1-4H3. The molecule has 0 spiro atoms. The summed E-state index contributed by atoms with van der Waals surface area (Å²) in [6.45, 7) is 6.66. The second kappa shape index (κ2) is 7.42. The predicted molar refractivity (Wildman–Crippen MR) is 91.9 cm³/mol. The molecule has 0 saturated heterocycles. The van der Waals surface area contributed by atoms with Crippen LogP contribution in [0.5, 0.6) is 0 Å². The van der Waals surface area contributed by atoms with Crippen LogP contribution in [-0.2, 0) is 19.3 Å². The van der Waals surface area contributed by atoms with Gasteiger partial charge in [-0.05, 0) is 61.1 Å². The molecule has 1 nitrogen and oxygen atoms in total. The minimum atomic E-state index is 0.382. The minimum Gasteiger partial charge on any atom is -0.313 e. The van der Waals surface area contributed by atoms with Crippen molar-refractivity contribution in [1.82, 2.24) is 5.32 Å². The third-order valence-corrected chi connectivity index (χ3v) is 4.41. The van der Waals surface area contributed by atoms with E-state index in [0.717, 1.165) is 19.3 Å². The predicted octanol–water partition coefficient (Wildman–Crippen LogP) is 4.62. The molecule has 1 heteroatoms.